The average Bonchev–Trinajstić information content (AvgIpc) is 2.76. The van der Waals surface area contributed by atoms with E-state index in [-0.39, 0.29) is 5.43 Å². The van der Waals surface area contributed by atoms with Gasteiger partial charge in [0.15, 0.2) is 11.5 Å². The molecule has 19 heavy (non-hydrogen) atoms. The number of thiophene rings is 1. The zero-order valence-corrected chi connectivity index (χ0v) is 11.8. The van der Waals surface area contributed by atoms with Gasteiger partial charge in [-0.15, -0.1) is 11.3 Å². The van der Waals surface area contributed by atoms with Crippen molar-refractivity contribution in [1.82, 2.24) is 0 Å². The number of ether oxygens (including phenoxy) is 2. The summed E-state index contributed by atoms with van der Waals surface area (Å²) < 4.78 is 16.5. The Morgan fingerprint density at radius 2 is 2.21 bits per heavy atom. The zero-order chi connectivity index (χ0) is 13.7. The van der Waals surface area contributed by atoms with Crippen LogP contribution in [0.5, 0.6) is 0 Å². The Morgan fingerprint density at radius 3 is 3.00 bits per heavy atom. The van der Waals surface area contributed by atoms with E-state index in [1.807, 2.05) is 12.3 Å². The van der Waals surface area contributed by atoms with Crippen molar-refractivity contribution >= 4 is 27.5 Å². The third-order valence-electron chi connectivity index (χ3n) is 2.59. The van der Waals surface area contributed by atoms with Crippen LogP contribution in [0.2, 0.25) is 0 Å². The minimum Gasteiger partial charge on any atom is -0.439 e. The summed E-state index contributed by atoms with van der Waals surface area (Å²) in [6.45, 7) is 4.19. The van der Waals surface area contributed by atoms with Crippen LogP contribution in [0.3, 0.4) is 0 Å². The molecule has 0 bridgehead atoms. The lowest BCUT2D eigenvalue weighted by Gasteiger charge is -2.06. The predicted molar refractivity (Wildman–Crippen MR) is 76.3 cm³/mol. The van der Waals surface area contributed by atoms with Crippen LogP contribution >= 0.6 is 11.3 Å². The van der Waals surface area contributed by atoms with Gasteiger partial charge in [-0.25, -0.2) is 0 Å². The van der Waals surface area contributed by atoms with E-state index in [2.05, 4.69) is 5.32 Å². The first kappa shape index (κ1) is 14.0. The van der Waals surface area contributed by atoms with E-state index in [4.69, 9.17) is 13.9 Å². The molecule has 0 aliphatic carbocycles. The monoisotopic (exact) mass is 283 g/mol. The molecule has 2 aromatic heterocycles. The van der Waals surface area contributed by atoms with Crippen LogP contribution in [0.25, 0.3) is 10.3 Å². The number of fused-ring (bicyclic) bond motifs is 1. The molecule has 0 saturated carbocycles. The van der Waals surface area contributed by atoms with E-state index >= 15 is 0 Å². The average molecular weight is 283 g/mol. The molecule has 0 aliphatic rings. The predicted octanol–water partition coefficient (Wildman–Crippen LogP) is 2.24. The van der Waals surface area contributed by atoms with Crippen LogP contribution in [-0.2, 0) is 9.47 Å². The summed E-state index contributed by atoms with van der Waals surface area (Å²) in [7, 11) is 1.63. The molecular formula is C13H17NO4S. The van der Waals surface area contributed by atoms with Gasteiger partial charge in [0.05, 0.1) is 19.8 Å². The van der Waals surface area contributed by atoms with Crippen LogP contribution in [0.15, 0.2) is 20.7 Å². The second-order valence-corrected chi connectivity index (χ2v) is 4.96. The summed E-state index contributed by atoms with van der Waals surface area (Å²) in [6.07, 6.45) is 0. The summed E-state index contributed by atoms with van der Waals surface area (Å²) in [4.78, 5) is 11.8. The lowest BCUT2D eigenvalue weighted by atomic mass is 10.3. The van der Waals surface area contributed by atoms with Crippen molar-refractivity contribution < 1.29 is 13.9 Å². The van der Waals surface area contributed by atoms with Gasteiger partial charge in [0, 0.05) is 25.3 Å². The minimum absolute atomic E-state index is 0.0119. The lowest BCUT2D eigenvalue weighted by Crippen LogP contribution is -2.13. The molecule has 0 amide bonds. The van der Waals surface area contributed by atoms with E-state index in [1.165, 1.54) is 17.4 Å². The van der Waals surface area contributed by atoms with Gasteiger partial charge in [-0.05, 0) is 12.3 Å². The first-order valence-electron chi connectivity index (χ1n) is 6.05. The van der Waals surface area contributed by atoms with Gasteiger partial charge in [0.2, 0.25) is 5.43 Å². The second kappa shape index (κ2) is 6.70. The fourth-order valence-electron chi connectivity index (χ4n) is 1.63. The molecule has 6 heteroatoms. The van der Waals surface area contributed by atoms with Gasteiger partial charge in [0.1, 0.15) is 4.70 Å². The Morgan fingerprint density at radius 1 is 1.37 bits per heavy atom. The highest BCUT2D eigenvalue weighted by molar-refractivity contribution is 7.17. The fraction of sp³-hybridized carbons (Fsp3) is 0.462. The SMILES string of the molecule is COCCOCCNc1cc(=O)c2scc(C)c2o1. The molecule has 5 nitrogen and oxygen atoms in total. The molecule has 0 unspecified atom stereocenters. The van der Waals surface area contributed by atoms with Crippen LogP contribution < -0.4 is 10.7 Å². The Bertz CT molecular complexity index is 590. The third-order valence-corrected chi connectivity index (χ3v) is 3.69. The van der Waals surface area contributed by atoms with Crippen molar-refractivity contribution in [2.45, 2.75) is 6.92 Å². The number of anilines is 1. The summed E-state index contributed by atoms with van der Waals surface area (Å²) >= 11 is 1.41. The van der Waals surface area contributed by atoms with E-state index in [0.29, 0.717) is 42.5 Å². The molecule has 0 spiro atoms. The highest BCUT2D eigenvalue weighted by Crippen LogP contribution is 2.24. The quantitative estimate of drug-likeness (QED) is 0.790. The van der Waals surface area contributed by atoms with Gasteiger partial charge in [-0.2, -0.15) is 0 Å². The minimum atomic E-state index is -0.0119. The van der Waals surface area contributed by atoms with Crippen molar-refractivity contribution in [3.63, 3.8) is 0 Å². The van der Waals surface area contributed by atoms with E-state index in [0.717, 1.165) is 5.56 Å². The molecule has 0 aromatic carbocycles. The summed E-state index contributed by atoms with van der Waals surface area (Å²) in [5.41, 5.74) is 1.64. The first-order valence-corrected chi connectivity index (χ1v) is 6.93. The standard InChI is InChI=1S/C13H17NO4S/c1-9-8-19-13-10(15)7-11(18-12(9)13)14-3-4-17-6-5-16-2/h7-8,14H,3-6H2,1-2H3. The van der Waals surface area contributed by atoms with E-state index in [9.17, 15) is 4.79 Å². The highest BCUT2D eigenvalue weighted by atomic mass is 32.1. The molecule has 2 heterocycles. The maximum absolute atomic E-state index is 11.8. The smallest absolute Gasteiger partial charge is 0.204 e. The number of hydrogen-bond donors (Lipinski definition) is 1. The number of rotatable bonds is 7. The van der Waals surface area contributed by atoms with Crippen LogP contribution in [-0.4, -0.2) is 33.5 Å². The summed E-state index contributed by atoms with van der Waals surface area (Å²) in [5, 5.41) is 4.97. The molecule has 0 radical (unpaired) electrons. The molecule has 2 rings (SSSR count). The highest BCUT2D eigenvalue weighted by Gasteiger charge is 2.08. The Balaban J connectivity index is 1.94. The van der Waals surface area contributed by atoms with E-state index in [1.54, 1.807) is 7.11 Å². The molecule has 1 N–H and O–H groups in total. The lowest BCUT2D eigenvalue weighted by molar-refractivity contribution is 0.0758. The molecule has 2 aromatic rings. The van der Waals surface area contributed by atoms with Crippen LogP contribution in [0.1, 0.15) is 5.56 Å². The normalized spacial score (nSPS) is 11.1. The van der Waals surface area contributed by atoms with Crippen molar-refractivity contribution in [2.24, 2.45) is 0 Å². The molecule has 0 aliphatic heterocycles. The molecular weight excluding hydrogens is 266 g/mol. The zero-order valence-electron chi connectivity index (χ0n) is 11.0. The molecule has 0 fully saturated rings. The van der Waals surface area contributed by atoms with Gasteiger partial charge < -0.3 is 19.2 Å². The van der Waals surface area contributed by atoms with Crippen LogP contribution in [0, 0.1) is 6.92 Å². The largest absolute Gasteiger partial charge is 0.439 e. The fourth-order valence-corrected chi connectivity index (χ4v) is 2.52. The number of methoxy groups -OCH3 is 1. The molecule has 0 saturated heterocycles. The Kier molecular flexibility index (Phi) is 4.95. The van der Waals surface area contributed by atoms with Crippen molar-refractivity contribution in [3.8, 4) is 0 Å². The van der Waals surface area contributed by atoms with Gasteiger partial charge in [-0.1, -0.05) is 0 Å². The molecule has 0 atom stereocenters. The van der Waals surface area contributed by atoms with Crippen molar-refractivity contribution in [1.29, 1.82) is 0 Å². The maximum atomic E-state index is 11.8. The van der Waals surface area contributed by atoms with Gasteiger partial charge in [-0.3, -0.25) is 4.79 Å². The first-order chi connectivity index (χ1) is 9.22. The number of aryl methyl sites for hydroxylation is 1. The van der Waals surface area contributed by atoms with Gasteiger partial charge in [0.25, 0.3) is 0 Å². The van der Waals surface area contributed by atoms with Crippen molar-refractivity contribution in [2.75, 3.05) is 38.8 Å². The number of hydrogen-bond acceptors (Lipinski definition) is 6. The van der Waals surface area contributed by atoms with E-state index < -0.39 is 0 Å². The Labute approximate surface area is 115 Å². The maximum Gasteiger partial charge on any atom is 0.204 e. The summed E-state index contributed by atoms with van der Waals surface area (Å²) in [6, 6.07) is 1.48. The topological polar surface area (TPSA) is 60.7 Å². The van der Waals surface area contributed by atoms with Crippen molar-refractivity contribution in [3.05, 3.63) is 27.2 Å². The number of nitrogens with one attached hydrogen (secondary N) is 1. The van der Waals surface area contributed by atoms with Crippen LogP contribution in [0.4, 0.5) is 5.88 Å². The summed E-state index contributed by atoms with van der Waals surface area (Å²) in [5.74, 6) is 0.481. The Hall–Kier alpha value is -1.37. The second-order valence-electron chi connectivity index (χ2n) is 4.08. The third kappa shape index (κ3) is 3.56. The van der Waals surface area contributed by atoms with Gasteiger partial charge >= 0.3 is 0 Å². The molecule has 104 valence electrons.